The Labute approximate surface area is 141 Å². The van der Waals surface area contributed by atoms with Crippen LogP contribution in [0.4, 0.5) is 0 Å². The lowest BCUT2D eigenvalue weighted by Crippen LogP contribution is -2.45. The van der Waals surface area contributed by atoms with Gasteiger partial charge in [0, 0.05) is 43.1 Å². The first-order valence-corrected chi connectivity index (χ1v) is 8.98. The van der Waals surface area contributed by atoms with Gasteiger partial charge in [-0.2, -0.15) is 0 Å². The van der Waals surface area contributed by atoms with Gasteiger partial charge in [0.25, 0.3) is 0 Å². The van der Waals surface area contributed by atoms with E-state index < -0.39 is 0 Å². The van der Waals surface area contributed by atoms with Crippen LogP contribution in [-0.2, 0) is 4.79 Å². The first kappa shape index (κ1) is 17.3. The quantitative estimate of drug-likeness (QED) is 0.589. The number of rotatable bonds is 4. The third-order valence-electron chi connectivity index (χ3n) is 4.47. The van der Waals surface area contributed by atoms with Crippen LogP contribution in [0.25, 0.3) is 0 Å². The van der Waals surface area contributed by atoms with E-state index in [9.17, 15) is 4.79 Å². The number of nitrogens with one attached hydrogen (secondary N) is 2. The van der Waals surface area contributed by atoms with Crippen molar-refractivity contribution >= 4 is 27.8 Å². The minimum atomic E-state index is 0.265. The van der Waals surface area contributed by atoms with Crippen molar-refractivity contribution in [1.29, 1.82) is 0 Å². The van der Waals surface area contributed by atoms with Crippen molar-refractivity contribution in [3.8, 4) is 0 Å². The molecule has 2 N–H and O–H groups in total. The van der Waals surface area contributed by atoms with Gasteiger partial charge in [-0.3, -0.25) is 9.79 Å². The van der Waals surface area contributed by atoms with Crippen LogP contribution in [0.15, 0.2) is 16.1 Å². The van der Waals surface area contributed by atoms with Crippen LogP contribution in [0.5, 0.6) is 0 Å². The van der Waals surface area contributed by atoms with Gasteiger partial charge in [-0.05, 0) is 19.3 Å². The molecule has 1 saturated carbocycles. The van der Waals surface area contributed by atoms with Crippen molar-refractivity contribution in [1.82, 2.24) is 15.5 Å². The summed E-state index contributed by atoms with van der Waals surface area (Å²) in [6.45, 7) is 6.07. The molecule has 6 heteroatoms. The van der Waals surface area contributed by atoms with E-state index in [2.05, 4.69) is 38.1 Å². The number of halogens is 1. The zero-order valence-electron chi connectivity index (χ0n) is 13.4. The monoisotopic (exact) mass is 370 g/mol. The van der Waals surface area contributed by atoms with Crippen molar-refractivity contribution in [2.45, 2.75) is 44.6 Å². The number of carbonyl (C=O) groups excluding carboxylic acids is 1. The molecular weight excluding hydrogens is 344 g/mol. The van der Waals surface area contributed by atoms with Gasteiger partial charge in [-0.25, -0.2) is 0 Å². The van der Waals surface area contributed by atoms with Gasteiger partial charge >= 0.3 is 0 Å². The van der Waals surface area contributed by atoms with Gasteiger partial charge in [0.05, 0.1) is 0 Å². The highest BCUT2D eigenvalue weighted by atomic mass is 79.9. The fourth-order valence-corrected chi connectivity index (χ4v) is 3.39. The highest BCUT2D eigenvalue weighted by Crippen LogP contribution is 2.26. The number of nitrogens with zero attached hydrogens (tertiary/aromatic N) is 2. The summed E-state index contributed by atoms with van der Waals surface area (Å²) in [7, 11) is 1.76. The molecule has 0 aromatic carbocycles. The summed E-state index contributed by atoms with van der Waals surface area (Å²) in [5, 5.41) is 6.58. The fraction of sp³-hybridized carbons (Fsp3) is 0.750. The molecule has 2 rings (SSSR count). The van der Waals surface area contributed by atoms with Gasteiger partial charge in [-0.15, -0.1) is 0 Å². The number of carbonyl (C=O) groups is 1. The Kier molecular flexibility index (Phi) is 6.73. The predicted molar refractivity (Wildman–Crippen MR) is 94.1 cm³/mol. The maximum absolute atomic E-state index is 12.6. The summed E-state index contributed by atoms with van der Waals surface area (Å²) < 4.78 is 0.885. The lowest BCUT2D eigenvalue weighted by atomic mass is 9.88. The van der Waals surface area contributed by atoms with Crippen LogP contribution in [-0.4, -0.2) is 49.5 Å². The topological polar surface area (TPSA) is 56.7 Å². The minimum absolute atomic E-state index is 0.265. The van der Waals surface area contributed by atoms with E-state index in [1.54, 1.807) is 7.05 Å². The average Bonchev–Trinajstić information content (AvgIpc) is 3.00. The van der Waals surface area contributed by atoms with Gasteiger partial charge in [-0.1, -0.05) is 41.8 Å². The molecule has 1 heterocycles. The van der Waals surface area contributed by atoms with Gasteiger partial charge < -0.3 is 15.5 Å². The van der Waals surface area contributed by atoms with E-state index >= 15 is 0 Å². The zero-order valence-corrected chi connectivity index (χ0v) is 15.0. The summed E-state index contributed by atoms with van der Waals surface area (Å²) in [6.07, 6.45) is 6.83. The van der Waals surface area contributed by atoms with E-state index in [1.807, 2.05) is 4.90 Å². The molecular formula is C16H27BrN4O. The minimum Gasteiger partial charge on any atom is -0.352 e. The number of hydrogen-bond acceptors (Lipinski definition) is 2. The molecule has 0 aromatic heterocycles. The van der Waals surface area contributed by atoms with Gasteiger partial charge in [0.1, 0.15) is 0 Å². The summed E-state index contributed by atoms with van der Waals surface area (Å²) in [5.74, 6) is 1.39. The van der Waals surface area contributed by atoms with Crippen LogP contribution < -0.4 is 10.6 Å². The maximum Gasteiger partial charge on any atom is 0.225 e. The Morgan fingerprint density at radius 2 is 2.05 bits per heavy atom. The number of likely N-dealkylation sites (tertiary alicyclic amines) is 1. The van der Waals surface area contributed by atoms with E-state index in [-0.39, 0.29) is 12.0 Å². The van der Waals surface area contributed by atoms with Crippen LogP contribution >= 0.6 is 15.9 Å². The maximum atomic E-state index is 12.6. The number of aliphatic imine (C=N–C) groups is 1. The van der Waals surface area contributed by atoms with E-state index in [0.29, 0.717) is 12.5 Å². The summed E-state index contributed by atoms with van der Waals surface area (Å²) in [5.41, 5.74) is 0. The Hall–Kier alpha value is -1.04. The highest BCUT2D eigenvalue weighted by molar-refractivity contribution is 9.11. The molecule has 22 heavy (non-hydrogen) atoms. The van der Waals surface area contributed by atoms with E-state index in [1.165, 1.54) is 19.3 Å². The second-order valence-electron chi connectivity index (χ2n) is 6.19. The van der Waals surface area contributed by atoms with Crippen molar-refractivity contribution in [2.24, 2.45) is 10.9 Å². The molecule has 1 unspecified atom stereocenters. The van der Waals surface area contributed by atoms with Crippen LogP contribution in [0.3, 0.4) is 0 Å². The van der Waals surface area contributed by atoms with E-state index in [4.69, 9.17) is 0 Å². The molecule has 1 aliphatic carbocycles. The predicted octanol–water partition coefficient (Wildman–Crippen LogP) is 2.24. The normalized spacial score (nSPS) is 23.5. The second-order valence-corrected chi connectivity index (χ2v) is 7.31. The molecule has 0 radical (unpaired) electrons. The summed E-state index contributed by atoms with van der Waals surface area (Å²) in [4.78, 5) is 18.8. The molecule has 1 aliphatic heterocycles. The van der Waals surface area contributed by atoms with Crippen molar-refractivity contribution < 1.29 is 4.79 Å². The number of hydrogen-bond donors (Lipinski definition) is 2. The van der Waals surface area contributed by atoms with Gasteiger partial charge in [0.2, 0.25) is 5.91 Å². The Morgan fingerprint density at radius 1 is 1.32 bits per heavy atom. The largest absolute Gasteiger partial charge is 0.352 e. The van der Waals surface area contributed by atoms with Crippen molar-refractivity contribution in [3.63, 3.8) is 0 Å². The fourth-order valence-electron chi connectivity index (χ4n) is 3.25. The Morgan fingerprint density at radius 3 is 2.68 bits per heavy atom. The van der Waals surface area contributed by atoms with Crippen molar-refractivity contribution in [2.75, 3.05) is 26.7 Å². The van der Waals surface area contributed by atoms with Crippen LogP contribution in [0.1, 0.15) is 38.5 Å². The summed E-state index contributed by atoms with van der Waals surface area (Å²) in [6, 6.07) is 0.280. The molecule has 124 valence electrons. The smallest absolute Gasteiger partial charge is 0.225 e. The zero-order chi connectivity index (χ0) is 15.9. The number of guanidine groups is 1. The second kappa shape index (κ2) is 8.56. The first-order valence-electron chi connectivity index (χ1n) is 8.19. The molecule has 1 saturated heterocycles. The Bertz CT molecular complexity index is 432. The van der Waals surface area contributed by atoms with Crippen LogP contribution in [0, 0.1) is 5.92 Å². The molecule has 1 atom stereocenters. The Balaban J connectivity index is 1.79. The molecule has 2 aliphatic rings. The first-order chi connectivity index (χ1) is 10.6. The highest BCUT2D eigenvalue weighted by Gasteiger charge is 2.31. The third kappa shape index (κ3) is 5.00. The molecule has 0 aromatic rings. The molecule has 5 nitrogen and oxygen atoms in total. The molecule has 2 fully saturated rings. The van der Waals surface area contributed by atoms with Crippen molar-refractivity contribution in [3.05, 3.63) is 11.1 Å². The van der Waals surface area contributed by atoms with Gasteiger partial charge in [0.15, 0.2) is 5.96 Å². The van der Waals surface area contributed by atoms with E-state index in [0.717, 1.165) is 42.8 Å². The lowest BCUT2D eigenvalue weighted by Gasteiger charge is -2.26. The SMILES string of the molecule is C=C(Br)CNC(=NC)NC1CCN(C(=O)C2CCCCC2)C1. The summed E-state index contributed by atoms with van der Waals surface area (Å²) >= 11 is 3.32. The molecule has 1 amide bonds. The lowest BCUT2D eigenvalue weighted by molar-refractivity contribution is -0.135. The standard InChI is InChI=1S/C16H27BrN4O/c1-12(17)10-19-16(18-2)20-14-8-9-21(11-14)15(22)13-6-4-3-5-7-13/h13-14H,1,3-11H2,2H3,(H2,18,19,20). The average molecular weight is 371 g/mol. The number of amides is 1. The molecule has 0 spiro atoms. The van der Waals surface area contributed by atoms with Crippen LogP contribution in [0.2, 0.25) is 0 Å². The third-order valence-corrected chi connectivity index (χ3v) is 4.75. The molecule has 0 bridgehead atoms.